The van der Waals surface area contributed by atoms with E-state index in [1.54, 1.807) is 0 Å². The molecule has 0 N–H and O–H groups in total. The number of epoxide rings is 2. The van der Waals surface area contributed by atoms with Gasteiger partial charge in [0, 0.05) is 0 Å². The van der Waals surface area contributed by atoms with Crippen LogP contribution in [0.15, 0.2) is 48.5 Å². The molecule has 0 amide bonds. The van der Waals surface area contributed by atoms with E-state index < -0.39 is 0 Å². The van der Waals surface area contributed by atoms with E-state index in [2.05, 4.69) is 62.4 Å². The molecule has 0 spiro atoms. The number of hydrogen-bond acceptors (Lipinski definition) is 6. The van der Waals surface area contributed by atoms with E-state index in [-0.39, 0.29) is 11.2 Å². The Balaban J connectivity index is 0.983. The lowest BCUT2D eigenvalue weighted by atomic mass is 9.76. The molecular weight excluding hydrogens is 456 g/mol. The Morgan fingerprint density at radius 1 is 0.611 bits per heavy atom. The third-order valence-corrected chi connectivity index (χ3v) is 7.51. The quantitative estimate of drug-likeness (QED) is 0.254. The molecule has 2 heterocycles. The fourth-order valence-corrected chi connectivity index (χ4v) is 4.86. The Hall–Kier alpha value is -2.12. The second-order valence-electron chi connectivity index (χ2n) is 11.0. The summed E-state index contributed by atoms with van der Waals surface area (Å²) >= 11 is 0. The summed E-state index contributed by atoms with van der Waals surface area (Å²) in [5.74, 6) is 3.07. The Kier molecular flexibility index (Phi) is 8.16. The second-order valence-corrected chi connectivity index (χ2v) is 11.0. The summed E-state index contributed by atoms with van der Waals surface area (Å²) in [7, 11) is 0. The summed E-state index contributed by atoms with van der Waals surface area (Å²) in [6, 6.07) is 17.3. The van der Waals surface area contributed by atoms with Gasteiger partial charge in [0.15, 0.2) is 0 Å². The first-order valence-electron chi connectivity index (χ1n) is 13.4. The van der Waals surface area contributed by atoms with Gasteiger partial charge in [0.25, 0.3) is 0 Å². The van der Waals surface area contributed by atoms with Crippen LogP contribution in [0, 0.1) is 0 Å². The Labute approximate surface area is 215 Å². The number of hydrogen-bond donors (Lipinski definition) is 0. The fourth-order valence-electron chi connectivity index (χ4n) is 4.86. The predicted octanol–water partition coefficient (Wildman–Crippen LogP) is 5.50. The van der Waals surface area contributed by atoms with Crippen molar-refractivity contribution in [3.8, 4) is 11.5 Å². The highest BCUT2D eigenvalue weighted by Crippen LogP contribution is 2.41. The van der Waals surface area contributed by atoms with Crippen LogP contribution < -0.4 is 9.47 Å². The van der Waals surface area contributed by atoms with E-state index in [0.717, 1.165) is 24.7 Å². The third kappa shape index (κ3) is 7.45. The van der Waals surface area contributed by atoms with Crippen molar-refractivity contribution < 1.29 is 28.4 Å². The van der Waals surface area contributed by atoms with E-state index in [0.29, 0.717) is 51.5 Å². The molecule has 2 aromatic rings. The first-order chi connectivity index (χ1) is 17.5. The van der Waals surface area contributed by atoms with Crippen molar-refractivity contribution in [3.05, 3.63) is 59.7 Å². The van der Waals surface area contributed by atoms with Gasteiger partial charge in [-0.2, -0.15) is 0 Å². The summed E-state index contributed by atoms with van der Waals surface area (Å²) in [6.45, 7) is 9.30. The van der Waals surface area contributed by atoms with Gasteiger partial charge in [-0.3, -0.25) is 0 Å². The molecule has 3 fully saturated rings. The summed E-state index contributed by atoms with van der Waals surface area (Å²) < 4.78 is 33.6. The summed E-state index contributed by atoms with van der Waals surface area (Å²) in [4.78, 5) is 0. The molecule has 3 aliphatic rings. The molecule has 2 unspecified atom stereocenters. The van der Waals surface area contributed by atoms with Gasteiger partial charge in [-0.15, -0.1) is 0 Å². The van der Waals surface area contributed by atoms with Crippen molar-refractivity contribution in [2.24, 2.45) is 0 Å². The first kappa shape index (κ1) is 25.5. The number of ether oxygens (including phenoxy) is 6. The Morgan fingerprint density at radius 2 is 0.972 bits per heavy atom. The van der Waals surface area contributed by atoms with Gasteiger partial charge in [-0.1, -0.05) is 24.3 Å². The lowest BCUT2D eigenvalue weighted by molar-refractivity contribution is 0.0640. The SMILES string of the molecule is CC1(COCCOc2ccc(C3CCC(c4ccc(OCCOCC5(C)CO5)cc4)CC3)cc2)CO1. The van der Waals surface area contributed by atoms with Crippen LogP contribution in [-0.4, -0.2) is 64.1 Å². The number of benzene rings is 2. The molecular formula is C30H40O6. The zero-order chi connectivity index (χ0) is 24.8. The number of rotatable bonds is 14. The van der Waals surface area contributed by atoms with Crippen LogP contribution in [0.5, 0.6) is 11.5 Å². The molecule has 2 aromatic carbocycles. The summed E-state index contributed by atoms with van der Waals surface area (Å²) in [5, 5.41) is 0. The zero-order valence-electron chi connectivity index (χ0n) is 21.7. The highest BCUT2D eigenvalue weighted by atomic mass is 16.6. The van der Waals surface area contributed by atoms with Crippen LogP contribution in [0.3, 0.4) is 0 Å². The van der Waals surface area contributed by atoms with Gasteiger partial charge in [0.1, 0.15) is 35.9 Å². The van der Waals surface area contributed by atoms with Crippen LogP contribution in [0.25, 0.3) is 0 Å². The van der Waals surface area contributed by atoms with Crippen molar-refractivity contribution in [1.29, 1.82) is 0 Å². The maximum atomic E-state index is 5.83. The van der Waals surface area contributed by atoms with Gasteiger partial charge in [-0.25, -0.2) is 0 Å². The van der Waals surface area contributed by atoms with Gasteiger partial charge in [0.2, 0.25) is 0 Å². The minimum absolute atomic E-state index is 0.0572. The maximum Gasteiger partial charge on any atom is 0.119 e. The molecule has 5 rings (SSSR count). The van der Waals surface area contributed by atoms with Crippen molar-refractivity contribution >= 4 is 0 Å². The molecule has 0 radical (unpaired) electrons. The lowest BCUT2D eigenvalue weighted by Gasteiger charge is -2.29. The minimum atomic E-state index is -0.0572. The molecule has 1 aliphatic carbocycles. The van der Waals surface area contributed by atoms with Crippen molar-refractivity contribution in [1.82, 2.24) is 0 Å². The highest BCUT2D eigenvalue weighted by molar-refractivity contribution is 5.32. The molecule has 0 bridgehead atoms. The standard InChI is InChI=1S/C30H40O6/c1-29(21-35-29)19-31-15-17-33-27-11-7-25(8-12-27)23-3-5-24(6-4-23)26-9-13-28(14-10-26)34-18-16-32-20-30(2)22-36-30/h7-14,23-24H,3-6,15-22H2,1-2H3. The van der Waals surface area contributed by atoms with Gasteiger partial charge in [0.05, 0.1) is 39.6 Å². The molecule has 196 valence electrons. The molecule has 6 heteroatoms. The molecule has 2 saturated heterocycles. The van der Waals surface area contributed by atoms with Crippen LogP contribution in [0.4, 0.5) is 0 Å². The van der Waals surface area contributed by atoms with Crippen LogP contribution in [-0.2, 0) is 18.9 Å². The highest BCUT2D eigenvalue weighted by Gasteiger charge is 2.40. The van der Waals surface area contributed by atoms with Crippen molar-refractivity contribution in [2.75, 3.05) is 52.9 Å². The Bertz CT molecular complexity index is 861. The first-order valence-corrected chi connectivity index (χ1v) is 13.4. The van der Waals surface area contributed by atoms with Gasteiger partial charge < -0.3 is 28.4 Å². The van der Waals surface area contributed by atoms with Crippen LogP contribution in [0.1, 0.15) is 62.5 Å². The van der Waals surface area contributed by atoms with Gasteiger partial charge in [-0.05, 0) is 86.8 Å². The fraction of sp³-hybridized carbons (Fsp3) is 0.600. The topological polar surface area (TPSA) is 62.0 Å². The maximum absolute atomic E-state index is 5.83. The average Bonchev–Trinajstić information content (AvgIpc) is 3.83. The van der Waals surface area contributed by atoms with Crippen LogP contribution >= 0.6 is 0 Å². The molecule has 36 heavy (non-hydrogen) atoms. The van der Waals surface area contributed by atoms with Crippen molar-refractivity contribution in [3.63, 3.8) is 0 Å². The van der Waals surface area contributed by atoms with E-state index in [4.69, 9.17) is 28.4 Å². The Morgan fingerprint density at radius 3 is 1.31 bits per heavy atom. The van der Waals surface area contributed by atoms with Crippen molar-refractivity contribution in [2.45, 2.75) is 62.6 Å². The minimum Gasteiger partial charge on any atom is -0.491 e. The van der Waals surface area contributed by atoms with Gasteiger partial charge >= 0.3 is 0 Å². The molecule has 0 aromatic heterocycles. The van der Waals surface area contributed by atoms with Crippen LogP contribution in [0.2, 0.25) is 0 Å². The third-order valence-electron chi connectivity index (χ3n) is 7.51. The summed E-state index contributed by atoms with van der Waals surface area (Å²) in [5.41, 5.74) is 2.73. The van der Waals surface area contributed by atoms with E-state index in [1.807, 2.05) is 0 Å². The molecule has 1 saturated carbocycles. The normalized spacial score (nSPS) is 29.1. The van der Waals surface area contributed by atoms with E-state index in [9.17, 15) is 0 Å². The molecule has 2 atom stereocenters. The molecule has 2 aliphatic heterocycles. The van der Waals surface area contributed by atoms with E-state index >= 15 is 0 Å². The smallest absolute Gasteiger partial charge is 0.119 e. The summed E-state index contributed by atoms with van der Waals surface area (Å²) in [6.07, 6.45) is 4.88. The second kappa shape index (κ2) is 11.5. The molecule has 6 nitrogen and oxygen atoms in total. The zero-order valence-corrected chi connectivity index (χ0v) is 21.7. The monoisotopic (exact) mass is 496 g/mol. The largest absolute Gasteiger partial charge is 0.491 e. The lowest BCUT2D eigenvalue weighted by Crippen LogP contribution is -2.17. The average molecular weight is 497 g/mol. The van der Waals surface area contributed by atoms with E-state index in [1.165, 1.54) is 36.8 Å². The predicted molar refractivity (Wildman–Crippen MR) is 138 cm³/mol.